The standard InChI is InChI=1S/C74H42B2N4O3S/c1-3-19-43(20-4-1)77-61-33-17-12-28-54(61)75-55-39-52-53-40-56-67(42-65(53)81-64(52)41-66(55)82-68-37-45(35-62(77)71(68)75)78-57-29-13-7-23-47(57)48-24-8-14-30-58(48)78)83-69-38-46(79-59-31-15-9-25-49(59)50-26-10-16-32-60(50)79)36-63-72(69)76(56)74-73(51-27-11-18-34-70(51)84-74)80(63)44-21-5-2-6-22-44/h1-42H. The van der Waals surface area contributed by atoms with Gasteiger partial charge in [0.25, 0.3) is 13.4 Å². The summed E-state index contributed by atoms with van der Waals surface area (Å²) in [5.41, 5.74) is 20.6. The second-order valence-electron chi connectivity index (χ2n) is 22.6. The van der Waals surface area contributed by atoms with Crippen molar-refractivity contribution in [3.8, 4) is 34.4 Å². The molecule has 0 bridgehead atoms. The summed E-state index contributed by atoms with van der Waals surface area (Å²) in [6.45, 7) is -0.278. The Balaban J connectivity index is 0.817. The summed E-state index contributed by atoms with van der Waals surface area (Å²) >= 11 is 1.89. The summed E-state index contributed by atoms with van der Waals surface area (Å²) in [6, 6.07) is 92.6. The lowest BCUT2D eigenvalue weighted by Crippen LogP contribution is -2.59. The van der Waals surface area contributed by atoms with Crippen molar-refractivity contribution >= 4 is 167 Å². The topological polar surface area (TPSA) is 47.9 Å². The quantitative estimate of drug-likeness (QED) is 0.164. The van der Waals surface area contributed by atoms with Crippen LogP contribution in [-0.4, -0.2) is 22.6 Å². The summed E-state index contributed by atoms with van der Waals surface area (Å²) in [6.07, 6.45) is 0. The molecule has 7 nitrogen and oxygen atoms in total. The SMILES string of the molecule is c1ccc(N2c3ccccc3B3c4cc5c(cc4Oc4cc(-n6c7ccccc7c7ccccc76)cc2c43)oc2cc3c(cc25)B2c4sc5ccccc5c4N(c4ccccc4)c4cc(-n5c6ccccc6c6ccccc65)cc(c42)O3)cc1. The molecule has 84 heavy (non-hydrogen) atoms. The number of thiophene rings is 1. The van der Waals surface area contributed by atoms with Crippen molar-refractivity contribution in [1.82, 2.24) is 9.13 Å². The molecule has 20 rings (SSSR count). The van der Waals surface area contributed by atoms with E-state index in [1.807, 2.05) is 11.3 Å². The Kier molecular flexibility index (Phi) is 8.84. The molecule has 0 amide bonds. The summed E-state index contributed by atoms with van der Waals surface area (Å²) in [7, 11) is 0. The van der Waals surface area contributed by atoms with Gasteiger partial charge in [-0.3, -0.25) is 0 Å². The van der Waals surface area contributed by atoms with E-state index in [9.17, 15) is 0 Å². The maximum Gasteiger partial charge on any atom is 0.268 e. The Labute approximate surface area is 485 Å². The molecule has 12 aromatic carbocycles. The molecule has 0 saturated heterocycles. The molecule has 0 N–H and O–H groups in total. The van der Waals surface area contributed by atoms with Crippen molar-refractivity contribution in [2.45, 2.75) is 0 Å². The van der Waals surface area contributed by atoms with Gasteiger partial charge in [-0.25, -0.2) is 0 Å². The van der Waals surface area contributed by atoms with Crippen molar-refractivity contribution in [1.29, 1.82) is 0 Å². The smallest absolute Gasteiger partial charge is 0.268 e. The van der Waals surface area contributed by atoms with Crippen LogP contribution in [0.1, 0.15) is 0 Å². The van der Waals surface area contributed by atoms with Crippen LogP contribution in [0.2, 0.25) is 0 Å². The minimum Gasteiger partial charge on any atom is -0.458 e. The molecular weight excluding hydrogens is 1050 g/mol. The average molecular weight is 1090 g/mol. The number of para-hydroxylation sites is 7. The molecular formula is C74H42B2N4O3S. The van der Waals surface area contributed by atoms with E-state index in [1.165, 1.54) is 47.6 Å². The van der Waals surface area contributed by atoms with Crippen LogP contribution in [0.15, 0.2) is 259 Å². The van der Waals surface area contributed by atoms with E-state index in [2.05, 4.69) is 274 Å². The first-order valence-corrected chi connectivity index (χ1v) is 29.5. The third kappa shape index (κ3) is 5.96. The molecule has 0 atom stereocenters. The van der Waals surface area contributed by atoms with E-state index in [4.69, 9.17) is 13.9 Å². The normalized spacial score (nSPS) is 13.6. The Morgan fingerprint density at radius 1 is 0.310 bits per heavy atom. The molecule has 0 aliphatic carbocycles. The number of hydrogen-bond donors (Lipinski definition) is 0. The van der Waals surface area contributed by atoms with Crippen LogP contribution in [0, 0.1) is 0 Å². The third-order valence-electron chi connectivity index (χ3n) is 18.3. The lowest BCUT2D eigenvalue weighted by atomic mass is 9.34. The number of ether oxygens (including phenoxy) is 2. The van der Waals surface area contributed by atoms with Crippen LogP contribution >= 0.6 is 11.3 Å². The lowest BCUT2D eigenvalue weighted by Gasteiger charge is -2.40. The number of nitrogens with zero attached hydrogens (tertiary/aromatic N) is 4. The van der Waals surface area contributed by atoms with Gasteiger partial charge in [-0.1, -0.05) is 158 Å². The lowest BCUT2D eigenvalue weighted by molar-refractivity contribution is 0.486. The third-order valence-corrected chi connectivity index (χ3v) is 19.6. The number of rotatable bonds is 4. The minimum atomic E-state index is -0.140. The zero-order chi connectivity index (χ0) is 54.5. The second-order valence-corrected chi connectivity index (χ2v) is 23.7. The fourth-order valence-electron chi connectivity index (χ4n) is 15.0. The Morgan fingerprint density at radius 3 is 1.31 bits per heavy atom. The molecule has 0 fully saturated rings. The molecule has 8 heterocycles. The number of benzene rings is 12. The number of hydrogen-bond acceptors (Lipinski definition) is 6. The summed E-state index contributed by atoms with van der Waals surface area (Å²) in [4.78, 5) is 4.92. The Bertz CT molecular complexity index is 5460. The highest BCUT2D eigenvalue weighted by molar-refractivity contribution is 7.33. The monoisotopic (exact) mass is 1090 g/mol. The van der Waals surface area contributed by atoms with E-state index in [1.54, 1.807) is 0 Å². The van der Waals surface area contributed by atoms with E-state index in [0.29, 0.717) is 0 Å². The maximum atomic E-state index is 7.42. The summed E-state index contributed by atoms with van der Waals surface area (Å²) in [5, 5.41) is 8.15. The van der Waals surface area contributed by atoms with Gasteiger partial charge < -0.3 is 32.8 Å². The highest BCUT2D eigenvalue weighted by Crippen LogP contribution is 2.50. The van der Waals surface area contributed by atoms with Gasteiger partial charge in [0.05, 0.1) is 39.1 Å². The molecule has 388 valence electrons. The largest absolute Gasteiger partial charge is 0.458 e. The van der Waals surface area contributed by atoms with Crippen molar-refractivity contribution < 1.29 is 13.9 Å². The first-order chi connectivity index (χ1) is 41.7. The van der Waals surface area contributed by atoms with Gasteiger partial charge in [0.1, 0.15) is 34.2 Å². The van der Waals surface area contributed by atoms with E-state index in [0.717, 1.165) is 129 Å². The van der Waals surface area contributed by atoms with Gasteiger partial charge in [-0.05, 0) is 100 Å². The molecule has 4 aliphatic rings. The Hall–Kier alpha value is -10.7. The van der Waals surface area contributed by atoms with Crippen molar-refractivity contribution in [3.05, 3.63) is 255 Å². The number of anilines is 6. The minimum absolute atomic E-state index is 0.138. The van der Waals surface area contributed by atoms with Crippen molar-refractivity contribution in [2.24, 2.45) is 0 Å². The molecule has 0 radical (unpaired) electrons. The fourth-order valence-corrected chi connectivity index (χ4v) is 16.3. The Morgan fingerprint density at radius 2 is 0.750 bits per heavy atom. The fraction of sp³-hybridized carbons (Fsp3) is 0. The predicted octanol–water partition coefficient (Wildman–Crippen LogP) is 15.8. The van der Waals surface area contributed by atoms with E-state index >= 15 is 0 Å². The highest BCUT2D eigenvalue weighted by atomic mass is 32.1. The van der Waals surface area contributed by atoms with Crippen LogP contribution in [0.3, 0.4) is 0 Å². The van der Waals surface area contributed by atoms with Gasteiger partial charge in [-0.2, -0.15) is 0 Å². The summed E-state index contributed by atoms with van der Waals surface area (Å²) in [5.74, 6) is 3.23. The number of aromatic nitrogens is 2. The first kappa shape index (κ1) is 45.0. The number of fused-ring (bicyclic) bond motifs is 19. The van der Waals surface area contributed by atoms with Crippen LogP contribution in [0.25, 0.3) is 87.0 Å². The molecule has 4 aliphatic heterocycles. The van der Waals surface area contributed by atoms with E-state index in [-0.39, 0.29) is 13.4 Å². The average Bonchev–Trinajstić information content (AvgIpc) is 1.43. The van der Waals surface area contributed by atoms with E-state index < -0.39 is 0 Å². The molecule has 4 aromatic heterocycles. The molecule has 0 saturated carbocycles. The van der Waals surface area contributed by atoms with Gasteiger partial charge in [0, 0.05) is 99.9 Å². The van der Waals surface area contributed by atoms with Gasteiger partial charge in [0.2, 0.25) is 0 Å². The highest BCUT2D eigenvalue weighted by Gasteiger charge is 2.46. The molecule has 0 unspecified atom stereocenters. The zero-order valence-corrected chi connectivity index (χ0v) is 45.6. The van der Waals surface area contributed by atoms with Gasteiger partial charge in [0.15, 0.2) is 0 Å². The molecule has 10 heteroatoms. The van der Waals surface area contributed by atoms with Crippen molar-refractivity contribution in [2.75, 3.05) is 9.80 Å². The first-order valence-electron chi connectivity index (χ1n) is 28.7. The molecule has 0 spiro atoms. The van der Waals surface area contributed by atoms with Crippen molar-refractivity contribution in [3.63, 3.8) is 0 Å². The second kappa shape index (κ2) is 16.5. The maximum absolute atomic E-state index is 7.42. The zero-order valence-electron chi connectivity index (χ0n) is 44.8. The predicted molar refractivity (Wildman–Crippen MR) is 349 cm³/mol. The number of furan rings is 1. The van der Waals surface area contributed by atoms with Crippen LogP contribution in [0.4, 0.5) is 34.1 Å². The summed E-state index contributed by atoms with van der Waals surface area (Å²) < 4.78 is 29.2. The molecule has 16 aromatic rings. The van der Waals surface area contributed by atoms with Crippen LogP contribution < -0.4 is 51.4 Å². The van der Waals surface area contributed by atoms with Gasteiger partial charge >= 0.3 is 0 Å². The van der Waals surface area contributed by atoms with Crippen LogP contribution in [-0.2, 0) is 0 Å². The van der Waals surface area contributed by atoms with Crippen LogP contribution in [0.5, 0.6) is 23.0 Å². The van der Waals surface area contributed by atoms with Gasteiger partial charge in [-0.15, -0.1) is 11.3 Å².